The van der Waals surface area contributed by atoms with Gasteiger partial charge in [0.2, 0.25) is 0 Å². The van der Waals surface area contributed by atoms with E-state index in [0.717, 1.165) is 35.9 Å². The molecule has 1 fully saturated rings. The van der Waals surface area contributed by atoms with Gasteiger partial charge in [0.25, 0.3) is 0 Å². The van der Waals surface area contributed by atoms with Crippen LogP contribution in [0.15, 0.2) is 48.5 Å². The largest absolute Gasteiger partial charge is 0.494 e. The number of aromatic nitrogens is 1. The molecule has 1 saturated heterocycles. The van der Waals surface area contributed by atoms with Crippen molar-refractivity contribution in [3.63, 3.8) is 0 Å². The van der Waals surface area contributed by atoms with Crippen LogP contribution in [-0.4, -0.2) is 36.1 Å². The maximum Gasteiger partial charge on any atom is 0.183 e. The third-order valence-electron chi connectivity index (χ3n) is 4.66. The van der Waals surface area contributed by atoms with Gasteiger partial charge >= 0.3 is 0 Å². The molecule has 4 rings (SSSR count). The standard InChI is InChI=1S/C21H25N3OS/c1-2-10-20-19(9-1)23-21(26-20)22-11-6-14-25-18-8-5-7-17(15-18)16-24-12-3-4-13-24/h1-2,5,7-10,15H,3-4,6,11-14,16H2,(H,22,23). The number of nitrogens with one attached hydrogen (secondary N) is 1. The second kappa shape index (κ2) is 8.52. The van der Waals surface area contributed by atoms with Crippen molar-refractivity contribution < 1.29 is 4.74 Å². The molecule has 5 heteroatoms. The number of nitrogens with zero attached hydrogens (tertiary/aromatic N) is 2. The molecule has 1 N–H and O–H groups in total. The summed E-state index contributed by atoms with van der Waals surface area (Å²) >= 11 is 1.70. The number of hydrogen-bond acceptors (Lipinski definition) is 5. The first-order valence-corrected chi connectivity index (χ1v) is 10.2. The zero-order valence-corrected chi connectivity index (χ0v) is 15.8. The molecule has 2 aromatic carbocycles. The zero-order valence-electron chi connectivity index (χ0n) is 15.0. The van der Waals surface area contributed by atoms with Gasteiger partial charge < -0.3 is 10.1 Å². The van der Waals surface area contributed by atoms with Crippen molar-refractivity contribution >= 4 is 26.7 Å². The summed E-state index contributed by atoms with van der Waals surface area (Å²) in [4.78, 5) is 7.11. The van der Waals surface area contributed by atoms with Crippen LogP contribution in [0, 0.1) is 0 Å². The number of benzene rings is 2. The lowest BCUT2D eigenvalue weighted by Gasteiger charge is -2.15. The zero-order chi connectivity index (χ0) is 17.6. The number of para-hydroxylation sites is 1. The Balaban J connectivity index is 1.20. The monoisotopic (exact) mass is 367 g/mol. The summed E-state index contributed by atoms with van der Waals surface area (Å²) in [6.45, 7) is 5.07. The third-order valence-corrected chi connectivity index (χ3v) is 5.66. The first-order chi connectivity index (χ1) is 12.9. The van der Waals surface area contributed by atoms with Gasteiger partial charge in [-0.25, -0.2) is 4.98 Å². The van der Waals surface area contributed by atoms with Crippen molar-refractivity contribution in [3.05, 3.63) is 54.1 Å². The summed E-state index contributed by atoms with van der Waals surface area (Å²) in [5, 5.41) is 4.39. The van der Waals surface area contributed by atoms with Crippen LogP contribution in [0.4, 0.5) is 5.13 Å². The van der Waals surface area contributed by atoms with Gasteiger partial charge in [-0.2, -0.15) is 0 Å². The molecule has 0 bridgehead atoms. The molecule has 0 saturated carbocycles. The van der Waals surface area contributed by atoms with Gasteiger partial charge in [-0.15, -0.1) is 0 Å². The summed E-state index contributed by atoms with van der Waals surface area (Å²) in [5.74, 6) is 0.974. The smallest absolute Gasteiger partial charge is 0.183 e. The van der Waals surface area contributed by atoms with E-state index in [-0.39, 0.29) is 0 Å². The second-order valence-electron chi connectivity index (χ2n) is 6.75. The fourth-order valence-corrected chi connectivity index (χ4v) is 4.23. The summed E-state index contributed by atoms with van der Waals surface area (Å²) in [6.07, 6.45) is 3.61. The highest BCUT2D eigenvalue weighted by Crippen LogP contribution is 2.25. The van der Waals surface area contributed by atoms with Crippen molar-refractivity contribution in [3.8, 4) is 5.75 Å². The second-order valence-corrected chi connectivity index (χ2v) is 7.78. The van der Waals surface area contributed by atoms with E-state index >= 15 is 0 Å². The first-order valence-electron chi connectivity index (χ1n) is 9.40. The van der Waals surface area contributed by atoms with Gasteiger partial charge in [0.1, 0.15) is 5.75 Å². The molecule has 0 atom stereocenters. The van der Waals surface area contributed by atoms with E-state index < -0.39 is 0 Å². The van der Waals surface area contributed by atoms with E-state index in [1.165, 1.54) is 36.2 Å². The molecule has 3 aromatic rings. The van der Waals surface area contributed by atoms with Crippen LogP contribution in [0.1, 0.15) is 24.8 Å². The Bertz CT molecular complexity index is 809. The van der Waals surface area contributed by atoms with Crippen molar-refractivity contribution in [1.82, 2.24) is 9.88 Å². The summed E-state index contributed by atoms with van der Waals surface area (Å²) < 4.78 is 7.16. The Morgan fingerprint density at radius 2 is 1.96 bits per heavy atom. The third kappa shape index (κ3) is 4.54. The fourth-order valence-electron chi connectivity index (χ4n) is 3.34. The minimum Gasteiger partial charge on any atom is -0.494 e. The first kappa shape index (κ1) is 17.3. The van der Waals surface area contributed by atoms with Crippen LogP contribution in [0.3, 0.4) is 0 Å². The van der Waals surface area contributed by atoms with E-state index in [9.17, 15) is 0 Å². The molecule has 1 aliphatic heterocycles. The van der Waals surface area contributed by atoms with Gasteiger partial charge in [0.05, 0.1) is 16.8 Å². The minimum absolute atomic E-state index is 0.713. The average molecular weight is 368 g/mol. The molecule has 0 spiro atoms. The average Bonchev–Trinajstić information content (AvgIpc) is 3.31. The van der Waals surface area contributed by atoms with E-state index in [1.807, 2.05) is 6.07 Å². The fraction of sp³-hybridized carbons (Fsp3) is 0.381. The number of anilines is 1. The maximum absolute atomic E-state index is 5.93. The van der Waals surface area contributed by atoms with Crippen LogP contribution < -0.4 is 10.1 Å². The van der Waals surface area contributed by atoms with E-state index in [4.69, 9.17) is 4.74 Å². The number of likely N-dealkylation sites (tertiary alicyclic amines) is 1. The predicted molar refractivity (Wildman–Crippen MR) is 109 cm³/mol. The van der Waals surface area contributed by atoms with Gasteiger partial charge in [-0.3, -0.25) is 4.90 Å². The molecular formula is C21H25N3OS. The van der Waals surface area contributed by atoms with Crippen LogP contribution in [0.25, 0.3) is 10.2 Å². The highest BCUT2D eigenvalue weighted by Gasteiger charge is 2.11. The van der Waals surface area contributed by atoms with Crippen LogP contribution in [0.2, 0.25) is 0 Å². The van der Waals surface area contributed by atoms with E-state index in [0.29, 0.717) is 6.61 Å². The Hall–Kier alpha value is -2.11. The molecule has 1 aromatic heterocycles. The van der Waals surface area contributed by atoms with E-state index in [2.05, 4.69) is 57.7 Å². The minimum atomic E-state index is 0.713. The van der Waals surface area contributed by atoms with Crippen molar-refractivity contribution in [2.45, 2.75) is 25.8 Å². The predicted octanol–water partition coefficient (Wildman–Crippen LogP) is 4.77. The number of hydrogen-bond donors (Lipinski definition) is 1. The van der Waals surface area contributed by atoms with Gasteiger partial charge in [0, 0.05) is 13.1 Å². The van der Waals surface area contributed by atoms with Crippen LogP contribution in [0.5, 0.6) is 5.75 Å². The normalized spacial score (nSPS) is 14.8. The molecule has 1 aliphatic rings. The highest BCUT2D eigenvalue weighted by atomic mass is 32.1. The number of ether oxygens (including phenoxy) is 1. The Kier molecular flexibility index (Phi) is 5.67. The Morgan fingerprint density at radius 3 is 2.85 bits per heavy atom. The molecular weight excluding hydrogens is 342 g/mol. The quantitative estimate of drug-likeness (QED) is 0.582. The summed E-state index contributed by atoms with van der Waals surface area (Å²) in [5.41, 5.74) is 2.41. The number of rotatable bonds is 8. The van der Waals surface area contributed by atoms with Gasteiger partial charge in [-0.1, -0.05) is 35.6 Å². The van der Waals surface area contributed by atoms with Gasteiger partial charge in [-0.05, 0) is 62.2 Å². The molecule has 2 heterocycles. The lowest BCUT2D eigenvalue weighted by atomic mass is 10.2. The summed E-state index contributed by atoms with van der Waals surface area (Å²) in [6, 6.07) is 16.8. The summed E-state index contributed by atoms with van der Waals surface area (Å²) in [7, 11) is 0. The lowest BCUT2D eigenvalue weighted by molar-refractivity contribution is 0.311. The number of fused-ring (bicyclic) bond motifs is 1. The van der Waals surface area contributed by atoms with Crippen molar-refractivity contribution in [2.75, 3.05) is 31.6 Å². The van der Waals surface area contributed by atoms with Crippen LogP contribution in [-0.2, 0) is 6.54 Å². The molecule has 136 valence electrons. The molecule has 0 radical (unpaired) electrons. The van der Waals surface area contributed by atoms with Crippen molar-refractivity contribution in [2.24, 2.45) is 0 Å². The Morgan fingerprint density at radius 1 is 1.08 bits per heavy atom. The molecule has 0 aliphatic carbocycles. The number of thiazole rings is 1. The maximum atomic E-state index is 5.93. The van der Waals surface area contributed by atoms with Gasteiger partial charge in [0.15, 0.2) is 5.13 Å². The highest BCUT2D eigenvalue weighted by molar-refractivity contribution is 7.22. The van der Waals surface area contributed by atoms with Crippen LogP contribution >= 0.6 is 11.3 Å². The Labute approximate surface area is 158 Å². The van der Waals surface area contributed by atoms with E-state index in [1.54, 1.807) is 11.3 Å². The molecule has 0 unspecified atom stereocenters. The topological polar surface area (TPSA) is 37.4 Å². The molecule has 26 heavy (non-hydrogen) atoms. The SMILES string of the molecule is c1cc(CN2CCCC2)cc(OCCCNc2nc3ccccc3s2)c1. The molecule has 4 nitrogen and oxygen atoms in total. The van der Waals surface area contributed by atoms with Crippen molar-refractivity contribution in [1.29, 1.82) is 0 Å². The lowest BCUT2D eigenvalue weighted by Crippen LogP contribution is -2.18. The molecule has 0 amide bonds.